The van der Waals surface area contributed by atoms with Crippen LogP contribution in [0.15, 0.2) is 36.4 Å². The number of alkyl halides is 3. The minimum absolute atomic E-state index is 0.168. The number of carbonyl (C=O) groups excluding carboxylic acids is 1. The molecule has 0 aliphatic carbocycles. The van der Waals surface area contributed by atoms with Crippen molar-refractivity contribution in [3.8, 4) is 0 Å². The summed E-state index contributed by atoms with van der Waals surface area (Å²) in [5.41, 5.74) is -0.0463. The fourth-order valence-corrected chi connectivity index (χ4v) is 4.68. The molecule has 1 aliphatic heterocycles. The lowest BCUT2D eigenvalue weighted by Gasteiger charge is -2.29. The molecule has 2 aromatic carbocycles. The molecule has 0 radical (unpaired) electrons. The van der Waals surface area contributed by atoms with Crippen LogP contribution in [-0.4, -0.2) is 74.2 Å². The van der Waals surface area contributed by atoms with E-state index in [1.807, 2.05) is 30.0 Å². The van der Waals surface area contributed by atoms with Crippen LogP contribution in [0.4, 0.5) is 22.4 Å². The molecule has 1 saturated heterocycles. The number of ether oxygens (including phenoxy) is 1. The monoisotopic (exact) mass is 549 g/mol. The van der Waals surface area contributed by atoms with Crippen molar-refractivity contribution in [3.05, 3.63) is 69.0 Å². The van der Waals surface area contributed by atoms with Gasteiger partial charge in [-0.1, -0.05) is 35.3 Å². The molecule has 2 aromatic rings. The fraction of sp³-hybridized carbons (Fsp3) is 0.480. The Kier molecular flexibility index (Phi) is 9.49. The molecular formula is C25H29Cl2F4N3O2. The summed E-state index contributed by atoms with van der Waals surface area (Å²) < 4.78 is 58.4. The lowest BCUT2D eigenvalue weighted by Crippen LogP contribution is -2.38. The topological polar surface area (TPSA) is 36.0 Å². The van der Waals surface area contributed by atoms with E-state index in [0.717, 1.165) is 24.2 Å². The minimum atomic E-state index is -4.76. The van der Waals surface area contributed by atoms with E-state index in [4.69, 9.17) is 27.9 Å². The van der Waals surface area contributed by atoms with Crippen LogP contribution in [0.25, 0.3) is 0 Å². The number of carbonyl (C=O) groups is 1. The second kappa shape index (κ2) is 12.0. The largest absolute Gasteiger partial charge is 0.449 e. The molecule has 198 valence electrons. The van der Waals surface area contributed by atoms with E-state index in [1.165, 1.54) is 6.07 Å². The van der Waals surface area contributed by atoms with Crippen molar-refractivity contribution in [1.82, 2.24) is 14.7 Å². The third kappa shape index (κ3) is 7.25. The third-order valence-corrected chi connectivity index (χ3v) is 6.97. The molecule has 36 heavy (non-hydrogen) atoms. The highest BCUT2D eigenvalue weighted by molar-refractivity contribution is 6.42. The molecule has 5 nitrogen and oxygen atoms in total. The van der Waals surface area contributed by atoms with Crippen molar-refractivity contribution in [1.29, 1.82) is 0 Å². The molecular weight excluding hydrogens is 521 g/mol. The second-order valence-corrected chi connectivity index (χ2v) is 10.1. The van der Waals surface area contributed by atoms with Gasteiger partial charge in [-0.25, -0.2) is 9.18 Å². The molecule has 1 heterocycles. The highest BCUT2D eigenvalue weighted by Gasteiger charge is 2.39. The summed E-state index contributed by atoms with van der Waals surface area (Å²) in [6.07, 6.45) is -4.49. The maximum absolute atomic E-state index is 14.1. The van der Waals surface area contributed by atoms with Gasteiger partial charge in [-0.15, -0.1) is 0 Å². The first-order valence-electron chi connectivity index (χ1n) is 11.4. The van der Waals surface area contributed by atoms with E-state index in [2.05, 4.69) is 0 Å². The summed E-state index contributed by atoms with van der Waals surface area (Å²) in [5, 5.41) is 0.783. The van der Waals surface area contributed by atoms with Crippen LogP contribution in [0, 0.1) is 5.82 Å². The number of likely N-dealkylation sites (tertiary alicyclic amines) is 1. The zero-order valence-corrected chi connectivity index (χ0v) is 21.8. The molecule has 0 N–H and O–H groups in total. The van der Waals surface area contributed by atoms with Crippen molar-refractivity contribution in [3.63, 3.8) is 0 Å². The predicted molar refractivity (Wildman–Crippen MR) is 132 cm³/mol. The minimum Gasteiger partial charge on any atom is -0.449 e. The molecule has 11 heteroatoms. The van der Waals surface area contributed by atoms with Gasteiger partial charge in [0.1, 0.15) is 5.82 Å². The number of hydrogen-bond acceptors (Lipinski definition) is 4. The Morgan fingerprint density at radius 1 is 1.08 bits per heavy atom. The van der Waals surface area contributed by atoms with Gasteiger partial charge in [0.05, 0.1) is 22.2 Å². The average molecular weight is 550 g/mol. The van der Waals surface area contributed by atoms with Crippen LogP contribution in [0.5, 0.6) is 0 Å². The van der Waals surface area contributed by atoms with E-state index in [9.17, 15) is 22.4 Å². The maximum Gasteiger partial charge on any atom is 0.419 e. The second-order valence-electron chi connectivity index (χ2n) is 9.25. The van der Waals surface area contributed by atoms with Crippen LogP contribution >= 0.6 is 23.2 Å². The summed E-state index contributed by atoms with van der Waals surface area (Å²) in [4.78, 5) is 18.3. The Morgan fingerprint density at radius 3 is 2.42 bits per heavy atom. The van der Waals surface area contributed by atoms with E-state index >= 15 is 0 Å². The molecule has 0 bridgehead atoms. The van der Waals surface area contributed by atoms with Crippen molar-refractivity contribution in [2.75, 3.05) is 47.4 Å². The van der Waals surface area contributed by atoms with Crippen LogP contribution in [0.3, 0.4) is 0 Å². The Labute approximate surface area is 218 Å². The van der Waals surface area contributed by atoms with Crippen molar-refractivity contribution >= 4 is 29.3 Å². The first-order valence-corrected chi connectivity index (χ1v) is 12.2. The summed E-state index contributed by atoms with van der Waals surface area (Å²) in [5.74, 6) is -1.48. The molecule has 3 rings (SSSR count). The summed E-state index contributed by atoms with van der Waals surface area (Å²) in [7, 11) is 5.66. The van der Waals surface area contributed by atoms with Crippen LogP contribution in [0.2, 0.25) is 10.0 Å². The molecule has 0 saturated carbocycles. The summed E-state index contributed by atoms with van der Waals surface area (Å²) >= 11 is 12.3. The van der Waals surface area contributed by atoms with Gasteiger partial charge in [-0.05, 0) is 63.0 Å². The predicted octanol–water partition coefficient (Wildman–Crippen LogP) is 6.14. The highest BCUT2D eigenvalue weighted by atomic mass is 35.5. The SMILES string of the molecule is CN(C)CCCOC(=O)N1C[C@H](c2ccc(Cl)c(Cl)c2)[C@H](N(C)Cc2ccc(C(F)(F)F)c(F)c2)C1. The Bertz CT molecular complexity index is 1070. The number of halogens is 6. The Hall–Kier alpha value is -2.07. The highest BCUT2D eigenvalue weighted by Crippen LogP contribution is 2.36. The molecule has 0 aromatic heterocycles. The van der Waals surface area contributed by atoms with Gasteiger partial charge in [0.2, 0.25) is 0 Å². The Morgan fingerprint density at radius 2 is 1.81 bits per heavy atom. The van der Waals surface area contributed by atoms with Crippen LogP contribution < -0.4 is 0 Å². The van der Waals surface area contributed by atoms with Gasteiger partial charge in [0, 0.05) is 38.1 Å². The van der Waals surface area contributed by atoms with Crippen LogP contribution in [-0.2, 0) is 17.5 Å². The molecule has 1 fully saturated rings. The average Bonchev–Trinajstić information content (AvgIpc) is 3.23. The lowest BCUT2D eigenvalue weighted by atomic mass is 9.93. The summed E-state index contributed by atoms with van der Waals surface area (Å²) in [6, 6.07) is 7.97. The van der Waals surface area contributed by atoms with Gasteiger partial charge in [0.15, 0.2) is 0 Å². The number of amides is 1. The number of hydrogen-bond donors (Lipinski definition) is 0. The molecule has 1 amide bonds. The number of rotatable bonds is 8. The van der Waals surface area contributed by atoms with E-state index in [1.54, 1.807) is 24.1 Å². The first-order chi connectivity index (χ1) is 16.9. The van der Waals surface area contributed by atoms with Gasteiger partial charge >= 0.3 is 12.3 Å². The van der Waals surface area contributed by atoms with Gasteiger partial charge in [-0.3, -0.25) is 4.90 Å². The standard InChI is InChI=1S/C25H29Cl2F4N3O2/c1-32(2)9-4-10-36-24(35)34-14-18(17-6-8-20(26)21(27)12-17)23(15-34)33(3)13-16-5-7-19(22(28)11-16)25(29,30)31/h5-8,11-12,18,23H,4,9-10,13-15H2,1-3H3/t18-,23-/m1/s1. The molecule has 0 unspecified atom stereocenters. The Balaban J connectivity index is 1.77. The first kappa shape index (κ1) is 28.5. The van der Waals surface area contributed by atoms with Crippen molar-refractivity contribution in [2.24, 2.45) is 0 Å². The zero-order chi connectivity index (χ0) is 26.6. The van der Waals surface area contributed by atoms with Crippen molar-refractivity contribution in [2.45, 2.75) is 31.1 Å². The van der Waals surface area contributed by atoms with Gasteiger partial charge < -0.3 is 14.5 Å². The van der Waals surface area contributed by atoms with Crippen LogP contribution in [0.1, 0.15) is 29.0 Å². The number of likely N-dealkylation sites (N-methyl/N-ethyl adjacent to an activating group) is 1. The van der Waals surface area contributed by atoms with E-state index < -0.39 is 23.7 Å². The van der Waals surface area contributed by atoms with Crippen molar-refractivity contribution < 1.29 is 27.1 Å². The molecule has 2 atom stereocenters. The normalized spacial score (nSPS) is 18.4. The quantitative estimate of drug-likeness (QED) is 0.292. The van der Waals surface area contributed by atoms with E-state index in [0.29, 0.717) is 35.1 Å². The third-order valence-electron chi connectivity index (χ3n) is 6.23. The molecule has 1 aliphatic rings. The van der Waals surface area contributed by atoms with E-state index in [-0.39, 0.29) is 25.1 Å². The number of benzene rings is 2. The van der Waals surface area contributed by atoms with Gasteiger partial charge in [0.25, 0.3) is 0 Å². The van der Waals surface area contributed by atoms with Gasteiger partial charge in [-0.2, -0.15) is 13.2 Å². The number of nitrogens with zero attached hydrogens (tertiary/aromatic N) is 3. The molecule has 0 spiro atoms. The fourth-order valence-electron chi connectivity index (χ4n) is 4.38. The zero-order valence-electron chi connectivity index (χ0n) is 20.3. The maximum atomic E-state index is 14.1. The lowest BCUT2D eigenvalue weighted by molar-refractivity contribution is -0.140. The summed E-state index contributed by atoms with van der Waals surface area (Å²) in [6.45, 7) is 1.95. The smallest absolute Gasteiger partial charge is 0.419 e.